The summed E-state index contributed by atoms with van der Waals surface area (Å²) in [6, 6.07) is 3.39. The first-order valence-corrected chi connectivity index (χ1v) is 7.44. The van der Waals surface area contributed by atoms with Gasteiger partial charge in [0.25, 0.3) is 0 Å². The highest BCUT2D eigenvalue weighted by molar-refractivity contribution is 9.10. The van der Waals surface area contributed by atoms with Crippen LogP contribution in [0.5, 0.6) is 5.75 Å². The molecule has 0 aliphatic carbocycles. The van der Waals surface area contributed by atoms with Gasteiger partial charge in [0.05, 0.1) is 31.6 Å². The number of hydrogen-bond acceptors (Lipinski definition) is 5. The third-order valence-electron chi connectivity index (χ3n) is 3.20. The average Bonchev–Trinajstić information content (AvgIpc) is 2.87. The Bertz CT molecular complexity index is 599. The molecule has 0 fully saturated rings. The van der Waals surface area contributed by atoms with Gasteiger partial charge in [-0.1, -0.05) is 0 Å². The second-order valence-electron chi connectivity index (χ2n) is 4.97. The third kappa shape index (κ3) is 3.61. The minimum Gasteiger partial charge on any atom is -0.493 e. The van der Waals surface area contributed by atoms with Gasteiger partial charge in [-0.05, 0) is 42.2 Å². The molecule has 1 unspecified atom stereocenters. The summed E-state index contributed by atoms with van der Waals surface area (Å²) in [5.74, 6) is 0.679. The summed E-state index contributed by atoms with van der Waals surface area (Å²) in [6.07, 6.45) is 3.43. The number of likely N-dealkylation sites (N-methyl/N-ethyl adjacent to an activating group) is 1. The van der Waals surface area contributed by atoms with Crippen LogP contribution < -0.4 is 10.5 Å². The zero-order valence-electron chi connectivity index (χ0n) is 12.5. The minimum absolute atomic E-state index is 0.403. The van der Waals surface area contributed by atoms with E-state index in [2.05, 4.69) is 30.9 Å². The Morgan fingerprint density at radius 2 is 2.24 bits per heavy atom. The van der Waals surface area contributed by atoms with Gasteiger partial charge >= 0.3 is 0 Å². The van der Waals surface area contributed by atoms with Crippen molar-refractivity contribution in [3.63, 3.8) is 0 Å². The van der Waals surface area contributed by atoms with E-state index in [0.29, 0.717) is 5.75 Å². The molecular weight excluding hydrogens is 334 g/mol. The van der Waals surface area contributed by atoms with Crippen LogP contribution in [0, 0.1) is 0 Å². The summed E-state index contributed by atoms with van der Waals surface area (Å²) >= 11 is 3.49. The molecule has 21 heavy (non-hydrogen) atoms. The first-order valence-electron chi connectivity index (χ1n) is 6.65. The lowest BCUT2D eigenvalue weighted by molar-refractivity contribution is 0.363. The molecule has 6 nitrogen and oxygen atoms in total. The predicted octanol–water partition coefficient (Wildman–Crippen LogP) is 1.66. The SMILES string of the molecule is COc1cnn(CCN(C)C)c1C(N)c1ncccc1Br. The third-order valence-corrected chi connectivity index (χ3v) is 3.87. The smallest absolute Gasteiger partial charge is 0.161 e. The molecule has 0 bridgehead atoms. The molecular formula is C14H20BrN5O. The van der Waals surface area contributed by atoms with E-state index >= 15 is 0 Å². The van der Waals surface area contributed by atoms with Crippen LogP contribution in [0.15, 0.2) is 29.0 Å². The molecule has 0 saturated heterocycles. The molecule has 2 rings (SSSR count). The van der Waals surface area contributed by atoms with Crippen molar-refractivity contribution < 1.29 is 4.74 Å². The Morgan fingerprint density at radius 1 is 1.48 bits per heavy atom. The maximum atomic E-state index is 6.40. The van der Waals surface area contributed by atoms with E-state index in [1.807, 2.05) is 30.9 Å². The summed E-state index contributed by atoms with van der Waals surface area (Å²) in [4.78, 5) is 6.46. The van der Waals surface area contributed by atoms with Crippen molar-refractivity contribution in [3.05, 3.63) is 40.4 Å². The summed E-state index contributed by atoms with van der Waals surface area (Å²) < 4.78 is 8.15. The number of pyridine rings is 1. The number of rotatable bonds is 6. The molecule has 2 aromatic rings. The van der Waals surface area contributed by atoms with E-state index in [0.717, 1.165) is 29.0 Å². The molecule has 0 spiro atoms. The molecule has 114 valence electrons. The summed E-state index contributed by atoms with van der Waals surface area (Å²) in [6.45, 7) is 1.61. The molecule has 0 amide bonds. The quantitative estimate of drug-likeness (QED) is 0.855. The van der Waals surface area contributed by atoms with Crippen molar-refractivity contribution >= 4 is 15.9 Å². The van der Waals surface area contributed by atoms with Crippen molar-refractivity contribution in [2.24, 2.45) is 5.73 Å². The van der Waals surface area contributed by atoms with Gasteiger partial charge in [0.15, 0.2) is 5.75 Å². The van der Waals surface area contributed by atoms with E-state index in [1.165, 1.54) is 0 Å². The van der Waals surface area contributed by atoms with Gasteiger partial charge in [-0.15, -0.1) is 0 Å². The Hall–Kier alpha value is -1.44. The van der Waals surface area contributed by atoms with Gasteiger partial charge in [0, 0.05) is 17.2 Å². The lowest BCUT2D eigenvalue weighted by Gasteiger charge is -2.17. The fourth-order valence-corrected chi connectivity index (χ4v) is 2.58. The molecule has 0 radical (unpaired) electrons. The maximum Gasteiger partial charge on any atom is 0.161 e. The van der Waals surface area contributed by atoms with Crippen LogP contribution >= 0.6 is 15.9 Å². The second-order valence-corrected chi connectivity index (χ2v) is 5.83. The van der Waals surface area contributed by atoms with E-state index in [4.69, 9.17) is 10.5 Å². The number of aromatic nitrogens is 3. The van der Waals surface area contributed by atoms with E-state index in [-0.39, 0.29) is 0 Å². The summed E-state index contributed by atoms with van der Waals surface area (Å²) in [7, 11) is 5.67. The van der Waals surface area contributed by atoms with Gasteiger partial charge in [-0.2, -0.15) is 5.10 Å². The topological polar surface area (TPSA) is 69.2 Å². The number of nitrogens with two attached hydrogens (primary N) is 1. The number of hydrogen-bond donors (Lipinski definition) is 1. The maximum absolute atomic E-state index is 6.40. The first kappa shape index (κ1) is 15.9. The molecule has 2 heterocycles. The van der Waals surface area contributed by atoms with Crippen molar-refractivity contribution in [1.82, 2.24) is 19.7 Å². The van der Waals surface area contributed by atoms with Crippen LogP contribution in [0.3, 0.4) is 0 Å². The molecule has 0 saturated carbocycles. The zero-order valence-corrected chi connectivity index (χ0v) is 14.0. The van der Waals surface area contributed by atoms with Crippen molar-refractivity contribution in [1.29, 1.82) is 0 Å². The van der Waals surface area contributed by atoms with Gasteiger partial charge in [0.2, 0.25) is 0 Å². The predicted molar refractivity (Wildman–Crippen MR) is 85.3 cm³/mol. The molecule has 2 aromatic heterocycles. The lowest BCUT2D eigenvalue weighted by Crippen LogP contribution is -2.24. The molecule has 1 atom stereocenters. The number of nitrogens with zero attached hydrogens (tertiary/aromatic N) is 4. The standard InChI is InChI=1S/C14H20BrN5O/c1-19(2)7-8-20-14(11(21-3)9-18-20)12(16)13-10(15)5-4-6-17-13/h4-6,9,12H,7-8,16H2,1-3H3. The van der Waals surface area contributed by atoms with Crippen LogP contribution in [0.25, 0.3) is 0 Å². The average molecular weight is 354 g/mol. The van der Waals surface area contributed by atoms with Gasteiger partial charge in [-0.3, -0.25) is 9.67 Å². The van der Waals surface area contributed by atoms with Crippen molar-refractivity contribution in [2.75, 3.05) is 27.7 Å². The van der Waals surface area contributed by atoms with Crippen LogP contribution in [0.4, 0.5) is 0 Å². The Balaban J connectivity index is 2.36. The highest BCUT2D eigenvalue weighted by Gasteiger charge is 2.23. The number of methoxy groups -OCH3 is 1. The second kappa shape index (κ2) is 7.02. The molecule has 0 aliphatic rings. The lowest BCUT2D eigenvalue weighted by atomic mass is 10.1. The zero-order chi connectivity index (χ0) is 15.4. The molecule has 0 aliphatic heterocycles. The van der Waals surface area contributed by atoms with Crippen LogP contribution in [0.2, 0.25) is 0 Å². The first-order chi connectivity index (χ1) is 10.0. The normalized spacial score (nSPS) is 12.7. The molecule has 2 N–H and O–H groups in total. The fraction of sp³-hybridized carbons (Fsp3) is 0.429. The van der Waals surface area contributed by atoms with Crippen molar-refractivity contribution in [3.8, 4) is 5.75 Å². The molecule has 0 aromatic carbocycles. The van der Waals surface area contributed by atoms with Crippen LogP contribution in [-0.2, 0) is 6.54 Å². The molecule has 7 heteroatoms. The van der Waals surface area contributed by atoms with E-state index in [1.54, 1.807) is 19.5 Å². The van der Waals surface area contributed by atoms with Gasteiger partial charge in [0.1, 0.15) is 5.69 Å². The Labute approximate surface area is 133 Å². The summed E-state index contributed by atoms with van der Waals surface area (Å²) in [5.41, 5.74) is 8.00. The fourth-order valence-electron chi connectivity index (χ4n) is 2.08. The van der Waals surface area contributed by atoms with Crippen LogP contribution in [0.1, 0.15) is 17.4 Å². The minimum atomic E-state index is -0.403. The number of halogens is 1. The van der Waals surface area contributed by atoms with Gasteiger partial charge in [-0.25, -0.2) is 0 Å². The largest absolute Gasteiger partial charge is 0.493 e. The highest BCUT2D eigenvalue weighted by Crippen LogP contribution is 2.30. The summed E-state index contributed by atoms with van der Waals surface area (Å²) in [5, 5.41) is 4.38. The monoisotopic (exact) mass is 353 g/mol. The van der Waals surface area contributed by atoms with E-state index < -0.39 is 6.04 Å². The van der Waals surface area contributed by atoms with Crippen LogP contribution in [-0.4, -0.2) is 47.4 Å². The number of ether oxygens (including phenoxy) is 1. The highest BCUT2D eigenvalue weighted by atomic mass is 79.9. The Kier molecular flexibility index (Phi) is 5.33. The Morgan fingerprint density at radius 3 is 2.86 bits per heavy atom. The van der Waals surface area contributed by atoms with E-state index in [9.17, 15) is 0 Å². The van der Waals surface area contributed by atoms with Crippen molar-refractivity contribution in [2.45, 2.75) is 12.6 Å². The van der Waals surface area contributed by atoms with Gasteiger partial charge < -0.3 is 15.4 Å².